The van der Waals surface area contributed by atoms with Crippen LogP contribution in [0.2, 0.25) is 10.0 Å². The molecule has 0 bridgehead atoms. The molecular formula is C11H9Cl2N3O3. The summed E-state index contributed by atoms with van der Waals surface area (Å²) in [6.45, 7) is 0. The molecule has 6 nitrogen and oxygen atoms in total. The van der Waals surface area contributed by atoms with Gasteiger partial charge in [-0.25, -0.2) is 4.79 Å². The highest BCUT2D eigenvalue weighted by Gasteiger charge is 2.14. The van der Waals surface area contributed by atoms with Crippen LogP contribution >= 0.6 is 23.2 Å². The molecule has 0 unspecified atom stereocenters. The van der Waals surface area contributed by atoms with Gasteiger partial charge in [-0.3, -0.25) is 20.3 Å². The Morgan fingerprint density at radius 2 is 2.05 bits per heavy atom. The van der Waals surface area contributed by atoms with Gasteiger partial charge < -0.3 is 5.11 Å². The summed E-state index contributed by atoms with van der Waals surface area (Å²) in [6, 6.07) is 5.05. The Bertz CT molecular complexity index is 678. The van der Waals surface area contributed by atoms with Crippen molar-refractivity contribution >= 4 is 35.1 Å². The molecular weight excluding hydrogens is 293 g/mol. The average Bonchev–Trinajstić information content (AvgIpc) is 2.67. The second-order valence-electron chi connectivity index (χ2n) is 3.75. The molecule has 1 aromatic heterocycles. The van der Waals surface area contributed by atoms with Crippen molar-refractivity contribution in [3.8, 4) is 0 Å². The van der Waals surface area contributed by atoms with Crippen LogP contribution in [-0.2, 0) is 6.42 Å². The van der Waals surface area contributed by atoms with Crippen molar-refractivity contribution in [2.45, 2.75) is 6.42 Å². The maximum absolute atomic E-state index is 11.6. The minimum atomic E-state index is -1.27. The lowest BCUT2D eigenvalue weighted by molar-refractivity contribution is 0.209. The zero-order chi connectivity index (χ0) is 14.0. The Kier molecular flexibility index (Phi) is 3.82. The second-order valence-corrected chi connectivity index (χ2v) is 4.54. The molecule has 0 saturated carbocycles. The molecule has 1 amide bonds. The van der Waals surface area contributed by atoms with E-state index in [2.05, 4.69) is 15.5 Å². The third kappa shape index (κ3) is 2.91. The molecule has 0 atom stereocenters. The smallest absolute Gasteiger partial charge is 0.410 e. The Labute approximate surface area is 117 Å². The Hall–Kier alpha value is -1.92. The fourth-order valence-electron chi connectivity index (χ4n) is 1.64. The number of nitrogens with one attached hydrogen (secondary N) is 3. The first-order chi connectivity index (χ1) is 8.99. The van der Waals surface area contributed by atoms with Crippen LogP contribution in [0.3, 0.4) is 0 Å². The zero-order valence-electron chi connectivity index (χ0n) is 9.46. The van der Waals surface area contributed by atoms with Gasteiger partial charge in [0.25, 0.3) is 5.56 Å². The summed E-state index contributed by atoms with van der Waals surface area (Å²) in [4.78, 5) is 22.2. The van der Waals surface area contributed by atoms with Crippen molar-refractivity contribution in [2.75, 3.05) is 5.32 Å². The van der Waals surface area contributed by atoms with Crippen LogP contribution < -0.4 is 10.9 Å². The number of aromatic nitrogens is 2. The van der Waals surface area contributed by atoms with Gasteiger partial charge in [0.2, 0.25) is 0 Å². The summed E-state index contributed by atoms with van der Waals surface area (Å²) in [5.74, 6) is 0.0912. The van der Waals surface area contributed by atoms with E-state index in [1.54, 1.807) is 18.2 Å². The lowest BCUT2D eigenvalue weighted by atomic mass is 10.1. The predicted octanol–water partition coefficient (Wildman–Crippen LogP) is 2.69. The van der Waals surface area contributed by atoms with E-state index < -0.39 is 11.7 Å². The largest absolute Gasteiger partial charge is 0.465 e. The maximum atomic E-state index is 11.6. The van der Waals surface area contributed by atoms with E-state index >= 15 is 0 Å². The highest BCUT2D eigenvalue weighted by atomic mass is 35.5. The molecule has 0 aliphatic rings. The minimum absolute atomic E-state index is 0.0912. The van der Waals surface area contributed by atoms with Gasteiger partial charge in [0.1, 0.15) is 5.82 Å². The van der Waals surface area contributed by atoms with Crippen molar-refractivity contribution in [2.24, 2.45) is 0 Å². The molecule has 0 spiro atoms. The van der Waals surface area contributed by atoms with Gasteiger partial charge in [-0.2, -0.15) is 0 Å². The van der Waals surface area contributed by atoms with E-state index in [0.717, 1.165) is 0 Å². The monoisotopic (exact) mass is 301 g/mol. The molecule has 8 heteroatoms. The fraction of sp³-hybridized carbons (Fsp3) is 0.0909. The molecule has 100 valence electrons. The molecule has 2 rings (SSSR count). The summed E-state index contributed by atoms with van der Waals surface area (Å²) in [6.07, 6.45) is -1.11. The van der Waals surface area contributed by atoms with Crippen molar-refractivity contribution in [3.05, 3.63) is 49.7 Å². The maximum Gasteiger partial charge on any atom is 0.410 e. The highest BCUT2D eigenvalue weighted by molar-refractivity contribution is 6.42. The van der Waals surface area contributed by atoms with Crippen molar-refractivity contribution in [1.82, 2.24) is 10.2 Å². The molecule has 0 radical (unpaired) electrons. The molecule has 0 fully saturated rings. The van der Waals surface area contributed by atoms with Gasteiger partial charge >= 0.3 is 6.09 Å². The Balaban J connectivity index is 2.38. The van der Waals surface area contributed by atoms with E-state index in [0.29, 0.717) is 15.6 Å². The fourth-order valence-corrected chi connectivity index (χ4v) is 2.03. The SMILES string of the molecule is O=C(O)Nc1[nH][nH]c(=O)c1Cc1cccc(Cl)c1Cl. The Morgan fingerprint density at radius 3 is 2.74 bits per heavy atom. The summed E-state index contributed by atoms with van der Waals surface area (Å²) < 4.78 is 0. The van der Waals surface area contributed by atoms with Crippen molar-refractivity contribution in [1.29, 1.82) is 0 Å². The average molecular weight is 302 g/mol. The van der Waals surface area contributed by atoms with E-state index in [1.807, 2.05) is 0 Å². The number of aromatic amines is 2. The van der Waals surface area contributed by atoms with Crippen molar-refractivity contribution in [3.63, 3.8) is 0 Å². The predicted molar refractivity (Wildman–Crippen MR) is 72.3 cm³/mol. The summed E-state index contributed by atoms with van der Waals surface area (Å²) in [5, 5.41) is 16.3. The number of hydrogen-bond acceptors (Lipinski definition) is 2. The third-order valence-electron chi connectivity index (χ3n) is 2.51. The van der Waals surface area contributed by atoms with Crippen LogP contribution in [0, 0.1) is 0 Å². The number of carbonyl (C=O) groups is 1. The number of anilines is 1. The molecule has 1 aromatic carbocycles. The standard InChI is InChI=1S/C11H9Cl2N3O3/c12-7-3-1-2-5(8(7)13)4-6-9(14-11(18)19)15-16-10(6)17/h1-3H,4H2,(H,18,19)(H3,14,15,16,17). The van der Waals surface area contributed by atoms with E-state index in [1.165, 1.54) is 0 Å². The first-order valence-electron chi connectivity index (χ1n) is 5.21. The summed E-state index contributed by atoms with van der Waals surface area (Å²) in [7, 11) is 0. The van der Waals surface area contributed by atoms with Crippen LogP contribution in [0.5, 0.6) is 0 Å². The summed E-state index contributed by atoms with van der Waals surface area (Å²) in [5.41, 5.74) is 0.457. The first-order valence-corrected chi connectivity index (χ1v) is 5.97. The number of rotatable bonds is 3. The van der Waals surface area contributed by atoms with Gasteiger partial charge in [-0.05, 0) is 11.6 Å². The number of hydrogen-bond donors (Lipinski definition) is 4. The van der Waals surface area contributed by atoms with Crippen LogP contribution in [0.4, 0.5) is 10.6 Å². The van der Waals surface area contributed by atoms with Crippen LogP contribution in [0.1, 0.15) is 11.1 Å². The number of H-pyrrole nitrogens is 2. The van der Waals surface area contributed by atoms with Crippen LogP contribution in [-0.4, -0.2) is 21.4 Å². The molecule has 0 saturated heterocycles. The third-order valence-corrected chi connectivity index (χ3v) is 3.37. The van der Waals surface area contributed by atoms with Crippen LogP contribution in [0.25, 0.3) is 0 Å². The molecule has 0 aliphatic carbocycles. The lowest BCUT2D eigenvalue weighted by Gasteiger charge is -2.05. The first kappa shape index (κ1) is 13.5. The van der Waals surface area contributed by atoms with E-state index in [-0.39, 0.29) is 17.8 Å². The number of benzene rings is 1. The van der Waals surface area contributed by atoms with E-state index in [9.17, 15) is 9.59 Å². The van der Waals surface area contributed by atoms with Crippen LogP contribution in [0.15, 0.2) is 23.0 Å². The zero-order valence-corrected chi connectivity index (χ0v) is 11.0. The number of carboxylic acid groups (broad SMARTS) is 1. The molecule has 2 aromatic rings. The van der Waals surface area contributed by atoms with Gasteiger partial charge in [-0.1, -0.05) is 35.3 Å². The molecule has 4 N–H and O–H groups in total. The van der Waals surface area contributed by atoms with Gasteiger partial charge in [0.15, 0.2) is 0 Å². The van der Waals surface area contributed by atoms with E-state index in [4.69, 9.17) is 28.3 Å². The number of amides is 1. The van der Waals surface area contributed by atoms with Gasteiger partial charge in [0.05, 0.1) is 15.6 Å². The minimum Gasteiger partial charge on any atom is -0.465 e. The van der Waals surface area contributed by atoms with Gasteiger partial charge in [0, 0.05) is 6.42 Å². The molecule has 19 heavy (non-hydrogen) atoms. The normalized spacial score (nSPS) is 10.4. The topological polar surface area (TPSA) is 98.0 Å². The van der Waals surface area contributed by atoms with Gasteiger partial charge in [-0.15, -0.1) is 0 Å². The molecule has 1 heterocycles. The van der Waals surface area contributed by atoms with Crippen molar-refractivity contribution < 1.29 is 9.90 Å². The molecule has 0 aliphatic heterocycles. The number of halogens is 2. The summed E-state index contributed by atoms with van der Waals surface area (Å²) >= 11 is 11.9. The second kappa shape index (κ2) is 5.38. The lowest BCUT2D eigenvalue weighted by Crippen LogP contribution is -2.12. The quantitative estimate of drug-likeness (QED) is 0.701. The Morgan fingerprint density at radius 1 is 1.32 bits per heavy atom. The highest BCUT2D eigenvalue weighted by Crippen LogP contribution is 2.27.